The molecule has 2 N–H and O–H groups in total. The molecular formula is C15H21N3O2. The van der Waals surface area contributed by atoms with Crippen molar-refractivity contribution in [2.75, 3.05) is 29.9 Å². The quantitative estimate of drug-likeness (QED) is 0.778. The van der Waals surface area contributed by atoms with Gasteiger partial charge in [-0.05, 0) is 37.6 Å². The number of rotatable bonds is 6. The molecule has 5 nitrogen and oxygen atoms in total. The molecule has 108 valence electrons. The molecule has 1 saturated heterocycles. The van der Waals surface area contributed by atoms with Crippen LogP contribution < -0.4 is 15.5 Å². The average molecular weight is 275 g/mol. The van der Waals surface area contributed by atoms with Gasteiger partial charge in [-0.15, -0.1) is 0 Å². The van der Waals surface area contributed by atoms with E-state index in [9.17, 15) is 9.59 Å². The molecule has 1 heterocycles. The highest BCUT2D eigenvalue weighted by molar-refractivity contribution is 5.97. The third kappa shape index (κ3) is 3.81. The summed E-state index contributed by atoms with van der Waals surface area (Å²) in [6.07, 6.45) is 2.51. The average Bonchev–Trinajstić information content (AvgIpc) is 2.85. The van der Waals surface area contributed by atoms with E-state index in [1.807, 2.05) is 24.3 Å². The van der Waals surface area contributed by atoms with Crippen LogP contribution in [0.4, 0.5) is 11.4 Å². The lowest BCUT2D eigenvalue weighted by molar-refractivity contribution is -0.117. The molecule has 5 heteroatoms. The summed E-state index contributed by atoms with van der Waals surface area (Å²) in [7, 11) is 0. The van der Waals surface area contributed by atoms with Gasteiger partial charge >= 0.3 is 0 Å². The van der Waals surface area contributed by atoms with E-state index in [1.54, 1.807) is 4.90 Å². The number of anilines is 2. The van der Waals surface area contributed by atoms with Crippen LogP contribution in [0.1, 0.15) is 26.2 Å². The van der Waals surface area contributed by atoms with Crippen LogP contribution in [0.3, 0.4) is 0 Å². The predicted octanol–water partition coefficient (Wildman–Crippen LogP) is 1.75. The molecule has 0 aliphatic carbocycles. The lowest BCUT2D eigenvalue weighted by Crippen LogP contribution is -2.28. The Bertz CT molecular complexity index is 488. The van der Waals surface area contributed by atoms with Crippen LogP contribution in [-0.4, -0.2) is 31.4 Å². The molecule has 0 radical (unpaired) electrons. The van der Waals surface area contributed by atoms with Crippen molar-refractivity contribution < 1.29 is 9.59 Å². The highest BCUT2D eigenvalue weighted by Crippen LogP contribution is 2.24. The standard InChI is InChI=1S/C15H21N3O2/c1-2-8-16-11-14(19)17-12-5-3-6-13(10-12)18-9-4-7-15(18)20/h3,5-6,10,16H,2,4,7-9,11H2,1H3,(H,17,19). The largest absolute Gasteiger partial charge is 0.325 e. The molecule has 0 unspecified atom stereocenters. The maximum absolute atomic E-state index is 11.7. The first-order valence-corrected chi connectivity index (χ1v) is 7.11. The second-order valence-corrected chi connectivity index (χ2v) is 4.92. The monoisotopic (exact) mass is 275 g/mol. The highest BCUT2D eigenvalue weighted by Gasteiger charge is 2.21. The Hall–Kier alpha value is -1.88. The number of carbonyl (C=O) groups is 2. The SMILES string of the molecule is CCCNCC(=O)Nc1cccc(N2CCCC2=O)c1. The minimum atomic E-state index is -0.0663. The zero-order valence-electron chi connectivity index (χ0n) is 11.8. The molecule has 1 aromatic rings. The Balaban J connectivity index is 1.95. The molecule has 0 saturated carbocycles. The summed E-state index contributed by atoms with van der Waals surface area (Å²) >= 11 is 0. The third-order valence-corrected chi connectivity index (χ3v) is 3.23. The van der Waals surface area contributed by atoms with Crippen molar-refractivity contribution in [3.05, 3.63) is 24.3 Å². The molecule has 1 aromatic carbocycles. The van der Waals surface area contributed by atoms with Crippen LogP contribution in [0.2, 0.25) is 0 Å². The van der Waals surface area contributed by atoms with Crippen LogP contribution in [0.5, 0.6) is 0 Å². The second kappa shape index (κ2) is 7.05. The Labute approximate surface area is 119 Å². The fraction of sp³-hybridized carbons (Fsp3) is 0.467. The third-order valence-electron chi connectivity index (χ3n) is 3.23. The van der Waals surface area contributed by atoms with Crippen molar-refractivity contribution >= 4 is 23.2 Å². The lowest BCUT2D eigenvalue weighted by atomic mass is 10.2. The van der Waals surface area contributed by atoms with Gasteiger partial charge in [0, 0.05) is 24.3 Å². The van der Waals surface area contributed by atoms with Gasteiger partial charge in [0.1, 0.15) is 0 Å². The summed E-state index contributed by atoms with van der Waals surface area (Å²) in [5, 5.41) is 5.90. The van der Waals surface area contributed by atoms with Gasteiger partial charge in [-0.1, -0.05) is 13.0 Å². The number of nitrogens with one attached hydrogen (secondary N) is 2. The van der Waals surface area contributed by atoms with Crippen LogP contribution in [0.25, 0.3) is 0 Å². The fourth-order valence-corrected chi connectivity index (χ4v) is 2.26. The Morgan fingerprint density at radius 1 is 1.40 bits per heavy atom. The van der Waals surface area contributed by atoms with Crippen LogP contribution in [0.15, 0.2) is 24.3 Å². The molecule has 0 aromatic heterocycles. The summed E-state index contributed by atoms with van der Waals surface area (Å²) in [4.78, 5) is 25.2. The maximum Gasteiger partial charge on any atom is 0.238 e. The van der Waals surface area contributed by atoms with Crippen molar-refractivity contribution in [2.24, 2.45) is 0 Å². The molecule has 2 amide bonds. The van der Waals surface area contributed by atoms with Gasteiger partial charge in [-0.2, -0.15) is 0 Å². The predicted molar refractivity (Wildman–Crippen MR) is 79.8 cm³/mol. The fourth-order valence-electron chi connectivity index (χ4n) is 2.26. The minimum Gasteiger partial charge on any atom is -0.325 e. The maximum atomic E-state index is 11.7. The smallest absolute Gasteiger partial charge is 0.238 e. The van der Waals surface area contributed by atoms with Crippen LogP contribution in [-0.2, 0) is 9.59 Å². The normalized spacial score (nSPS) is 14.7. The van der Waals surface area contributed by atoms with Gasteiger partial charge < -0.3 is 15.5 Å². The first-order valence-electron chi connectivity index (χ1n) is 7.11. The van der Waals surface area contributed by atoms with Crippen LogP contribution >= 0.6 is 0 Å². The van der Waals surface area contributed by atoms with Gasteiger partial charge in [-0.25, -0.2) is 0 Å². The summed E-state index contributed by atoms with van der Waals surface area (Å²) in [5.41, 5.74) is 1.58. The summed E-state index contributed by atoms with van der Waals surface area (Å²) in [6.45, 7) is 3.95. The van der Waals surface area contributed by atoms with E-state index in [0.29, 0.717) is 13.0 Å². The number of nitrogens with zero attached hydrogens (tertiary/aromatic N) is 1. The van der Waals surface area contributed by atoms with E-state index >= 15 is 0 Å². The number of hydrogen-bond donors (Lipinski definition) is 2. The molecule has 2 rings (SSSR count). The topological polar surface area (TPSA) is 61.4 Å². The first kappa shape index (κ1) is 14.5. The van der Waals surface area contributed by atoms with E-state index in [1.165, 1.54) is 0 Å². The highest BCUT2D eigenvalue weighted by atomic mass is 16.2. The molecule has 0 bridgehead atoms. The van der Waals surface area contributed by atoms with Gasteiger partial charge in [0.05, 0.1) is 6.54 Å². The molecule has 1 fully saturated rings. The van der Waals surface area contributed by atoms with Crippen molar-refractivity contribution in [3.63, 3.8) is 0 Å². The molecule has 1 aliphatic heterocycles. The molecule has 20 heavy (non-hydrogen) atoms. The Kier molecular flexibility index (Phi) is 5.12. The molecular weight excluding hydrogens is 254 g/mol. The molecule has 0 spiro atoms. The van der Waals surface area contributed by atoms with E-state index in [2.05, 4.69) is 17.6 Å². The van der Waals surface area contributed by atoms with Crippen molar-refractivity contribution in [1.29, 1.82) is 0 Å². The van der Waals surface area contributed by atoms with Gasteiger partial charge in [0.15, 0.2) is 0 Å². The van der Waals surface area contributed by atoms with Gasteiger partial charge in [0.25, 0.3) is 0 Å². The Morgan fingerprint density at radius 3 is 2.95 bits per heavy atom. The van der Waals surface area contributed by atoms with Crippen LogP contribution in [0, 0.1) is 0 Å². The molecule has 1 aliphatic rings. The number of amides is 2. The summed E-state index contributed by atoms with van der Waals surface area (Å²) in [6, 6.07) is 7.44. The summed E-state index contributed by atoms with van der Waals surface area (Å²) < 4.78 is 0. The lowest BCUT2D eigenvalue weighted by Gasteiger charge is -2.16. The minimum absolute atomic E-state index is 0.0663. The molecule has 0 atom stereocenters. The second-order valence-electron chi connectivity index (χ2n) is 4.92. The Morgan fingerprint density at radius 2 is 2.25 bits per heavy atom. The van der Waals surface area contributed by atoms with Gasteiger partial charge in [0.2, 0.25) is 11.8 Å². The van der Waals surface area contributed by atoms with E-state index in [4.69, 9.17) is 0 Å². The zero-order chi connectivity index (χ0) is 14.4. The van der Waals surface area contributed by atoms with Crippen molar-refractivity contribution in [1.82, 2.24) is 5.32 Å². The first-order chi connectivity index (χ1) is 9.70. The van der Waals surface area contributed by atoms with Crippen molar-refractivity contribution in [3.8, 4) is 0 Å². The van der Waals surface area contributed by atoms with E-state index in [0.717, 1.165) is 37.3 Å². The van der Waals surface area contributed by atoms with Crippen molar-refractivity contribution in [2.45, 2.75) is 26.2 Å². The number of hydrogen-bond acceptors (Lipinski definition) is 3. The van der Waals surface area contributed by atoms with E-state index in [-0.39, 0.29) is 11.8 Å². The van der Waals surface area contributed by atoms with E-state index < -0.39 is 0 Å². The number of carbonyl (C=O) groups excluding carboxylic acids is 2. The number of benzene rings is 1. The van der Waals surface area contributed by atoms with Gasteiger partial charge in [-0.3, -0.25) is 9.59 Å². The zero-order valence-corrected chi connectivity index (χ0v) is 11.8. The summed E-state index contributed by atoms with van der Waals surface area (Å²) in [5.74, 6) is 0.0847.